The van der Waals surface area contributed by atoms with Crippen LogP contribution in [0.3, 0.4) is 0 Å². The number of nitrogens with one attached hydrogen (secondary N) is 2. The molecule has 0 amide bonds. The summed E-state index contributed by atoms with van der Waals surface area (Å²) in [7, 11) is -4.73. The molecular formula is C17H22ClN3O4S2. The molecule has 0 saturated heterocycles. The lowest BCUT2D eigenvalue weighted by Crippen LogP contribution is -2.25. The van der Waals surface area contributed by atoms with Gasteiger partial charge >= 0.3 is 0 Å². The Bertz CT molecular complexity index is 1040. The number of benzene rings is 2. The molecule has 27 heavy (non-hydrogen) atoms. The van der Waals surface area contributed by atoms with Crippen molar-refractivity contribution in [2.24, 2.45) is 0 Å². The first-order valence-electron chi connectivity index (χ1n) is 8.04. The summed E-state index contributed by atoms with van der Waals surface area (Å²) >= 11 is 0. The SMILES string of the molecule is CN(C)S(=O)(=O)c1cccc(S(=O)(=O)NCc2ccc3c(c2)CNC3)c1.Cl. The van der Waals surface area contributed by atoms with Crippen LogP contribution in [0.25, 0.3) is 0 Å². The highest BCUT2D eigenvalue weighted by atomic mass is 35.5. The van der Waals surface area contributed by atoms with Gasteiger partial charge in [-0.1, -0.05) is 24.3 Å². The number of hydrogen-bond acceptors (Lipinski definition) is 5. The van der Waals surface area contributed by atoms with E-state index in [1.54, 1.807) is 0 Å². The molecule has 0 aliphatic carbocycles. The van der Waals surface area contributed by atoms with Crippen LogP contribution in [0.2, 0.25) is 0 Å². The quantitative estimate of drug-likeness (QED) is 0.721. The van der Waals surface area contributed by atoms with Crippen LogP contribution in [0.1, 0.15) is 16.7 Å². The van der Waals surface area contributed by atoms with Gasteiger partial charge in [-0.15, -0.1) is 12.4 Å². The van der Waals surface area contributed by atoms with Crippen molar-refractivity contribution in [1.29, 1.82) is 0 Å². The van der Waals surface area contributed by atoms with Crippen LogP contribution in [0.4, 0.5) is 0 Å². The summed E-state index contributed by atoms with van der Waals surface area (Å²) in [6.07, 6.45) is 0. The summed E-state index contributed by atoms with van der Waals surface area (Å²) in [5.74, 6) is 0. The lowest BCUT2D eigenvalue weighted by molar-refractivity contribution is 0.520. The minimum Gasteiger partial charge on any atom is -0.309 e. The van der Waals surface area contributed by atoms with E-state index in [1.807, 2.05) is 18.2 Å². The van der Waals surface area contributed by atoms with Gasteiger partial charge in [0.1, 0.15) is 0 Å². The average molecular weight is 432 g/mol. The van der Waals surface area contributed by atoms with Crippen molar-refractivity contribution >= 4 is 32.5 Å². The highest BCUT2D eigenvalue weighted by Gasteiger charge is 2.21. The monoisotopic (exact) mass is 431 g/mol. The van der Waals surface area contributed by atoms with Gasteiger partial charge < -0.3 is 5.32 Å². The fourth-order valence-electron chi connectivity index (χ4n) is 2.73. The van der Waals surface area contributed by atoms with Crippen molar-refractivity contribution in [3.05, 3.63) is 59.2 Å². The van der Waals surface area contributed by atoms with Crippen molar-refractivity contribution in [3.8, 4) is 0 Å². The number of sulfonamides is 2. The maximum absolute atomic E-state index is 12.6. The molecule has 0 bridgehead atoms. The molecule has 0 saturated carbocycles. The van der Waals surface area contributed by atoms with Crippen LogP contribution >= 0.6 is 12.4 Å². The Labute approximate surface area is 166 Å². The summed E-state index contributed by atoms with van der Waals surface area (Å²) in [4.78, 5) is -0.141. The highest BCUT2D eigenvalue weighted by molar-refractivity contribution is 7.90. The fraction of sp³-hybridized carbons (Fsp3) is 0.294. The molecule has 0 aromatic heterocycles. The number of nitrogens with zero attached hydrogens (tertiary/aromatic N) is 1. The van der Waals surface area contributed by atoms with Gasteiger partial charge in [0.15, 0.2) is 0 Å². The summed E-state index contributed by atoms with van der Waals surface area (Å²) < 4.78 is 53.1. The van der Waals surface area contributed by atoms with Crippen molar-refractivity contribution in [2.45, 2.75) is 29.4 Å². The van der Waals surface area contributed by atoms with Crippen LogP contribution in [0.15, 0.2) is 52.3 Å². The molecule has 3 rings (SSSR count). The molecule has 1 aliphatic rings. The standard InChI is InChI=1S/C17H21N3O4S2.ClH/c1-20(2)26(23,24)17-5-3-4-16(9-17)25(21,22)19-10-13-6-7-14-11-18-12-15(14)8-13;/h3-9,18-19H,10-12H2,1-2H3;1H. The molecule has 148 valence electrons. The van der Waals surface area contributed by atoms with Gasteiger partial charge in [-0.2, -0.15) is 0 Å². The third-order valence-electron chi connectivity index (χ3n) is 4.26. The Hall–Kier alpha value is -1.49. The fourth-order valence-corrected chi connectivity index (χ4v) is 4.82. The van der Waals surface area contributed by atoms with Gasteiger partial charge in [0.05, 0.1) is 9.79 Å². The van der Waals surface area contributed by atoms with E-state index in [2.05, 4.69) is 10.0 Å². The summed E-state index contributed by atoms with van der Waals surface area (Å²) in [6.45, 7) is 1.75. The topological polar surface area (TPSA) is 95.6 Å². The molecule has 7 nitrogen and oxygen atoms in total. The Morgan fingerprint density at radius 2 is 1.63 bits per heavy atom. The molecular weight excluding hydrogens is 410 g/mol. The van der Waals surface area contributed by atoms with Crippen LogP contribution < -0.4 is 10.0 Å². The third kappa shape index (κ3) is 4.68. The second-order valence-corrected chi connectivity index (χ2v) is 10.2. The van der Waals surface area contributed by atoms with E-state index < -0.39 is 20.0 Å². The second kappa shape index (κ2) is 8.26. The summed E-state index contributed by atoms with van der Waals surface area (Å²) in [5.41, 5.74) is 3.24. The van der Waals surface area contributed by atoms with E-state index in [0.29, 0.717) is 0 Å². The summed E-state index contributed by atoms with van der Waals surface area (Å²) in [6, 6.07) is 11.2. The average Bonchev–Trinajstić information content (AvgIpc) is 3.08. The third-order valence-corrected chi connectivity index (χ3v) is 7.47. The van der Waals surface area contributed by atoms with E-state index >= 15 is 0 Å². The zero-order chi connectivity index (χ0) is 18.9. The van der Waals surface area contributed by atoms with Gasteiger partial charge in [-0.05, 0) is 34.9 Å². The Morgan fingerprint density at radius 1 is 0.963 bits per heavy atom. The minimum absolute atomic E-state index is 0. The van der Waals surface area contributed by atoms with Crippen molar-refractivity contribution in [3.63, 3.8) is 0 Å². The molecule has 0 radical (unpaired) electrons. The highest BCUT2D eigenvalue weighted by Crippen LogP contribution is 2.20. The van der Waals surface area contributed by atoms with Crippen molar-refractivity contribution in [2.75, 3.05) is 14.1 Å². The molecule has 1 aliphatic heterocycles. The Kier molecular flexibility index (Phi) is 6.67. The molecule has 2 N–H and O–H groups in total. The second-order valence-electron chi connectivity index (χ2n) is 6.29. The van der Waals surface area contributed by atoms with Gasteiger partial charge in [0.25, 0.3) is 0 Å². The predicted molar refractivity (Wildman–Crippen MR) is 106 cm³/mol. The van der Waals surface area contributed by atoms with Crippen LogP contribution in [-0.2, 0) is 39.7 Å². The summed E-state index contributed by atoms with van der Waals surface area (Å²) in [5, 5.41) is 3.24. The molecule has 0 fully saturated rings. The maximum Gasteiger partial charge on any atom is 0.242 e. The van der Waals surface area contributed by atoms with Crippen molar-refractivity contribution < 1.29 is 16.8 Å². The van der Waals surface area contributed by atoms with E-state index in [0.717, 1.165) is 23.0 Å². The van der Waals surface area contributed by atoms with E-state index in [9.17, 15) is 16.8 Å². The van der Waals surface area contributed by atoms with E-state index in [4.69, 9.17) is 0 Å². The molecule has 10 heteroatoms. The van der Waals surface area contributed by atoms with Crippen LogP contribution in [0.5, 0.6) is 0 Å². The van der Waals surface area contributed by atoms with E-state index in [-0.39, 0.29) is 28.7 Å². The predicted octanol–water partition coefficient (Wildman–Crippen LogP) is 1.44. The zero-order valence-electron chi connectivity index (χ0n) is 15.0. The molecule has 0 unspecified atom stereocenters. The normalized spacial score (nSPS) is 14.0. The largest absolute Gasteiger partial charge is 0.309 e. The number of rotatable bonds is 6. The molecule has 2 aromatic rings. The number of hydrogen-bond donors (Lipinski definition) is 2. The molecule has 0 spiro atoms. The Balaban J connectivity index is 0.00000261. The lowest BCUT2D eigenvalue weighted by atomic mass is 10.1. The number of halogens is 1. The Morgan fingerprint density at radius 3 is 2.33 bits per heavy atom. The number of fused-ring (bicyclic) bond motifs is 1. The van der Waals surface area contributed by atoms with Crippen LogP contribution in [-0.4, -0.2) is 35.2 Å². The van der Waals surface area contributed by atoms with Gasteiger partial charge in [0, 0.05) is 33.7 Å². The first kappa shape index (κ1) is 21.8. The minimum atomic E-state index is -3.83. The van der Waals surface area contributed by atoms with Crippen LogP contribution in [0, 0.1) is 0 Å². The lowest BCUT2D eigenvalue weighted by Gasteiger charge is -2.13. The smallest absolute Gasteiger partial charge is 0.242 e. The molecule has 2 aromatic carbocycles. The van der Waals surface area contributed by atoms with E-state index in [1.165, 1.54) is 49.5 Å². The van der Waals surface area contributed by atoms with Gasteiger partial charge in [0.2, 0.25) is 20.0 Å². The zero-order valence-corrected chi connectivity index (χ0v) is 17.4. The maximum atomic E-state index is 12.6. The van der Waals surface area contributed by atoms with Crippen molar-refractivity contribution in [1.82, 2.24) is 14.3 Å². The molecule has 0 atom stereocenters. The first-order valence-corrected chi connectivity index (χ1v) is 11.0. The first-order chi connectivity index (χ1) is 12.2. The van der Waals surface area contributed by atoms with Gasteiger partial charge in [-0.3, -0.25) is 0 Å². The van der Waals surface area contributed by atoms with Gasteiger partial charge in [-0.25, -0.2) is 25.9 Å². The molecule has 1 heterocycles.